The maximum atomic E-state index is 6.02. The SMILES string of the molecule is COc1cc(Br)c(C[N+]2(CCCl)CCOCC2)cc1OC. The first-order chi connectivity index (χ1) is 10.1. The predicted molar refractivity (Wildman–Crippen MR) is 87.4 cm³/mol. The normalized spacial score (nSPS) is 17.5. The van der Waals surface area contributed by atoms with Gasteiger partial charge in [-0.05, 0) is 12.1 Å². The number of nitrogens with zero attached hydrogens (tertiary/aromatic N) is 1. The zero-order valence-electron chi connectivity index (χ0n) is 12.5. The summed E-state index contributed by atoms with van der Waals surface area (Å²) in [5.74, 6) is 2.15. The highest BCUT2D eigenvalue weighted by molar-refractivity contribution is 9.10. The van der Waals surface area contributed by atoms with E-state index >= 15 is 0 Å². The van der Waals surface area contributed by atoms with Gasteiger partial charge in [0.15, 0.2) is 11.5 Å². The van der Waals surface area contributed by atoms with E-state index in [2.05, 4.69) is 15.9 Å². The Bertz CT molecular complexity index is 473. The van der Waals surface area contributed by atoms with E-state index in [4.69, 9.17) is 25.8 Å². The molecule has 0 spiro atoms. The van der Waals surface area contributed by atoms with Gasteiger partial charge in [-0.25, -0.2) is 0 Å². The quantitative estimate of drug-likeness (QED) is 0.562. The number of halogens is 2. The van der Waals surface area contributed by atoms with Crippen molar-refractivity contribution in [2.75, 3.05) is 52.9 Å². The van der Waals surface area contributed by atoms with Crippen LogP contribution in [0, 0.1) is 0 Å². The van der Waals surface area contributed by atoms with E-state index < -0.39 is 0 Å². The fourth-order valence-corrected chi connectivity index (χ4v) is 3.56. The molecule has 0 atom stereocenters. The zero-order valence-corrected chi connectivity index (χ0v) is 14.9. The number of benzene rings is 1. The molecule has 1 aliphatic rings. The van der Waals surface area contributed by atoms with Gasteiger partial charge in [0, 0.05) is 10.0 Å². The number of alkyl halides is 1. The lowest BCUT2D eigenvalue weighted by Gasteiger charge is -2.41. The van der Waals surface area contributed by atoms with Gasteiger partial charge >= 0.3 is 0 Å². The van der Waals surface area contributed by atoms with E-state index in [1.807, 2.05) is 12.1 Å². The number of methoxy groups -OCH3 is 2. The third kappa shape index (κ3) is 4.03. The average molecular weight is 380 g/mol. The Hall–Kier alpha value is -0.490. The second kappa shape index (κ2) is 7.68. The summed E-state index contributed by atoms with van der Waals surface area (Å²) in [5, 5.41) is 0. The Morgan fingerprint density at radius 3 is 2.38 bits per heavy atom. The van der Waals surface area contributed by atoms with Crippen LogP contribution in [0.4, 0.5) is 0 Å². The molecule has 4 nitrogen and oxygen atoms in total. The summed E-state index contributed by atoms with van der Waals surface area (Å²) in [5.41, 5.74) is 1.21. The molecule has 1 aromatic carbocycles. The summed E-state index contributed by atoms with van der Waals surface area (Å²) in [7, 11) is 3.31. The lowest BCUT2D eigenvalue weighted by molar-refractivity contribution is -0.945. The van der Waals surface area contributed by atoms with Crippen molar-refractivity contribution in [3.05, 3.63) is 22.2 Å². The van der Waals surface area contributed by atoms with Crippen LogP contribution in [-0.4, -0.2) is 57.4 Å². The van der Waals surface area contributed by atoms with Crippen LogP contribution in [0.15, 0.2) is 16.6 Å². The van der Waals surface area contributed by atoms with E-state index in [9.17, 15) is 0 Å². The first-order valence-electron chi connectivity index (χ1n) is 7.03. The predicted octanol–water partition coefficient (Wildman–Crippen LogP) is 3.05. The molecule has 1 fully saturated rings. The highest BCUT2D eigenvalue weighted by Crippen LogP contribution is 2.35. The molecule has 0 amide bonds. The molecule has 0 radical (unpaired) electrons. The lowest BCUT2D eigenvalue weighted by Crippen LogP contribution is -2.55. The van der Waals surface area contributed by atoms with E-state index in [1.54, 1.807) is 14.2 Å². The van der Waals surface area contributed by atoms with E-state index in [0.717, 1.165) is 59.8 Å². The van der Waals surface area contributed by atoms with Gasteiger partial charge in [0.05, 0.1) is 39.9 Å². The Labute approximate surface area is 139 Å². The number of hydrogen-bond acceptors (Lipinski definition) is 3. The minimum absolute atomic E-state index is 0.658. The minimum Gasteiger partial charge on any atom is -0.493 e. The van der Waals surface area contributed by atoms with E-state index in [0.29, 0.717) is 5.88 Å². The molecule has 1 heterocycles. The van der Waals surface area contributed by atoms with Crippen LogP contribution in [-0.2, 0) is 11.3 Å². The molecule has 118 valence electrons. The van der Waals surface area contributed by atoms with Gasteiger partial charge in [-0.3, -0.25) is 0 Å². The molecule has 0 bridgehead atoms. The van der Waals surface area contributed by atoms with Crippen molar-refractivity contribution in [2.45, 2.75) is 6.54 Å². The summed E-state index contributed by atoms with van der Waals surface area (Å²) < 4.78 is 18.2. The number of rotatable bonds is 6. The van der Waals surface area contributed by atoms with Gasteiger partial charge in [-0.15, -0.1) is 11.6 Å². The van der Waals surface area contributed by atoms with Gasteiger partial charge in [0.1, 0.15) is 19.6 Å². The molecule has 0 unspecified atom stereocenters. The molecule has 0 aliphatic carbocycles. The Morgan fingerprint density at radius 1 is 1.19 bits per heavy atom. The largest absolute Gasteiger partial charge is 0.493 e. The van der Waals surface area contributed by atoms with Crippen LogP contribution >= 0.6 is 27.5 Å². The van der Waals surface area contributed by atoms with Crippen LogP contribution in [0.25, 0.3) is 0 Å². The summed E-state index contributed by atoms with van der Waals surface area (Å²) in [6.45, 7) is 5.44. The van der Waals surface area contributed by atoms with Crippen LogP contribution < -0.4 is 9.47 Å². The molecule has 0 aromatic heterocycles. The summed E-state index contributed by atoms with van der Waals surface area (Å²) in [4.78, 5) is 0. The highest BCUT2D eigenvalue weighted by Gasteiger charge is 2.31. The number of morpholine rings is 1. The number of quaternary nitrogens is 1. The molecule has 2 rings (SSSR count). The fourth-order valence-electron chi connectivity index (χ4n) is 2.75. The van der Waals surface area contributed by atoms with Crippen LogP contribution in [0.2, 0.25) is 0 Å². The molecule has 1 saturated heterocycles. The van der Waals surface area contributed by atoms with Gasteiger partial charge < -0.3 is 18.7 Å². The fraction of sp³-hybridized carbons (Fsp3) is 0.600. The number of ether oxygens (including phenoxy) is 3. The molecule has 1 aliphatic heterocycles. The van der Waals surface area contributed by atoms with Crippen molar-refractivity contribution in [1.29, 1.82) is 0 Å². The third-order valence-corrected chi connectivity index (χ3v) is 4.94. The minimum atomic E-state index is 0.658. The molecule has 21 heavy (non-hydrogen) atoms. The highest BCUT2D eigenvalue weighted by atomic mass is 79.9. The molecular formula is C15H22BrClNO3+. The van der Waals surface area contributed by atoms with Crippen molar-refractivity contribution in [2.24, 2.45) is 0 Å². The first-order valence-corrected chi connectivity index (χ1v) is 8.36. The van der Waals surface area contributed by atoms with Gasteiger partial charge in [-0.1, -0.05) is 15.9 Å². The molecular weight excluding hydrogens is 358 g/mol. The third-order valence-electron chi connectivity index (χ3n) is 4.04. The molecule has 0 saturated carbocycles. The van der Waals surface area contributed by atoms with Crippen molar-refractivity contribution >= 4 is 27.5 Å². The Balaban J connectivity index is 2.27. The topological polar surface area (TPSA) is 27.7 Å². The summed E-state index contributed by atoms with van der Waals surface area (Å²) in [6.07, 6.45) is 0. The van der Waals surface area contributed by atoms with Gasteiger partial charge in [0.2, 0.25) is 0 Å². The van der Waals surface area contributed by atoms with Crippen LogP contribution in [0.3, 0.4) is 0 Å². The molecule has 1 aromatic rings. The smallest absolute Gasteiger partial charge is 0.161 e. The van der Waals surface area contributed by atoms with Crippen molar-refractivity contribution in [1.82, 2.24) is 0 Å². The van der Waals surface area contributed by atoms with Gasteiger partial charge in [-0.2, -0.15) is 0 Å². The summed E-state index contributed by atoms with van der Waals surface area (Å²) in [6, 6.07) is 4.01. The molecule has 6 heteroatoms. The second-order valence-electron chi connectivity index (χ2n) is 5.27. The van der Waals surface area contributed by atoms with Gasteiger partial charge in [0.25, 0.3) is 0 Å². The average Bonchev–Trinajstić information content (AvgIpc) is 2.50. The molecule has 0 N–H and O–H groups in total. The number of hydrogen-bond donors (Lipinski definition) is 0. The lowest BCUT2D eigenvalue weighted by atomic mass is 10.1. The van der Waals surface area contributed by atoms with Crippen LogP contribution in [0.1, 0.15) is 5.56 Å². The van der Waals surface area contributed by atoms with E-state index in [1.165, 1.54) is 5.56 Å². The summed E-state index contributed by atoms with van der Waals surface area (Å²) >= 11 is 9.67. The Kier molecular flexibility index (Phi) is 6.17. The standard InChI is InChI=1S/C15H22BrClNO3/c1-19-14-9-12(13(16)10-15(14)20-2)11-18(4-3-17)5-7-21-8-6-18/h9-10H,3-8,11H2,1-2H3/q+1. The second-order valence-corrected chi connectivity index (χ2v) is 6.50. The van der Waals surface area contributed by atoms with Crippen LogP contribution in [0.5, 0.6) is 11.5 Å². The first kappa shape index (κ1) is 16.9. The maximum Gasteiger partial charge on any atom is 0.161 e. The van der Waals surface area contributed by atoms with Crippen molar-refractivity contribution < 1.29 is 18.7 Å². The zero-order chi connectivity index (χ0) is 15.3. The maximum absolute atomic E-state index is 6.02. The monoisotopic (exact) mass is 378 g/mol. The Morgan fingerprint density at radius 2 is 1.81 bits per heavy atom. The van der Waals surface area contributed by atoms with Crippen molar-refractivity contribution in [3.63, 3.8) is 0 Å². The van der Waals surface area contributed by atoms with Crippen molar-refractivity contribution in [3.8, 4) is 11.5 Å². The van der Waals surface area contributed by atoms with E-state index in [-0.39, 0.29) is 0 Å².